The van der Waals surface area contributed by atoms with Gasteiger partial charge in [0.2, 0.25) is 0 Å². The molecule has 36 heavy (non-hydrogen) atoms. The Morgan fingerprint density at radius 2 is 1.81 bits per heavy atom. The molecule has 0 aliphatic carbocycles. The zero-order valence-corrected chi connectivity index (χ0v) is 19.2. The molecule has 1 saturated heterocycles. The van der Waals surface area contributed by atoms with Crippen LogP contribution in [-0.4, -0.2) is 48.3 Å². The Bertz CT molecular complexity index is 1520. The molecule has 0 atom stereocenters. The number of hydrogen-bond acceptors (Lipinski definition) is 6. The van der Waals surface area contributed by atoms with Gasteiger partial charge in [0.15, 0.2) is 11.5 Å². The van der Waals surface area contributed by atoms with Gasteiger partial charge in [0.05, 0.1) is 23.9 Å². The van der Waals surface area contributed by atoms with Crippen molar-refractivity contribution in [1.82, 2.24) is 29.1 Å². The number of fused-ring (bicyclic) bond motifs is 1. The Kier molecular flexibility index (Phi) is 5.70. The molecule has 6 rings (SSSR count). The van der Waals surface area contributed by atoms with E-state index < -0.39 is 0 Å². The van der Waals surface area contributed by atoms with Gasteiger partial charge >= 0.3 is 0 Å². The highest BCUT2D eigenvalue weighted by Gasteiger charge is 2.24. The summed E-state index contributed by atoms with van der Waals surface area (Å²) < 4.78 is 22.9. The molecule has 5 heterocycles. The highest BCUT2D eigenvalue weighted by atomic mass is 19.1. The Morgan fingerprint density at radius 3 is 2.58 bits per heavy atom. The molecule has 1 N–H and O–H groups in total. The first-order chi connectivity index (χ1) is 17.7. The number of anilines is 1. The molecule has 1 aliphatic heterocycles. The standard InChI is InChI=1S/C26H22FN7O2/c27-19-3-1-17(2-4-19)24-25(33(16-29-24)20-9-13-36-14-10-20)21-5-6-23-30-22(15-34(23)32-21)31-26(35)18-7-11-28-12-8-18/h1-8,11-12,15-16,20H,9-10,13-14H2,(H,31,35). The van der Waals surface area contributed by atoms with Crippen LogP contribution in [0.15, 0.2) is 73.4 Å². The van der Waals surface area contributed by atoms with Gasteiger partial charge in [0.1, 0.15) is 11.5 Å². The van der Waals surface area contributed by atoms with E-state index in [0.29, 0.717) is 35.9 Å². The lowest BCUT2D eigenvalue weighted by molar-refractivity contribution is 0.0699. The minimum Gasteiger partial charge on any atom is -0.381 e. The molecule has 4 aromatic heterocycles. The summed E-state index contributed by atoms with van der Waals surface area (Å²) in [6.45, 7) is 1.37. The van der Waals surface area contributed by atoms with Gasteiger partial charge in [-0.15, -0.1) is 0 Å². The Labute approximate surface area is 205 Å². The molecule has 0 unspecified atom stereocenters. The minimum atomic E-state index is -0.302. The molecule has 0 radical (unpaired) electrons. The molecule has 9 nitrogen and oxygen atoms in total. The number of aromatic nitrogens is 6. The third-order valence-corrected chi connectivity index (χ3v) is 6.24. The van der Waals surface area contributed by atoms with Gasteiger partial charge in [-0.2, -0.15) is 5.10 Å². The number of nitrogens with zero attached hydrogens (tertiary/aromatic N) is 6. The second kappa shape index (κ2) is 9.31. The van der Waals surface area contributed by atoms with Gasteiger partial charge in [-0.1, -0.05) is 0 Å². The van der Waals surface area contributed by atoms with E-state index in [9.17, 15) is 9.18 Å². The average molecular weight is 484 g/mol. The fourth-order valence-electron chi connectivity index (χ4n) is 4.43. The van der Waals surface area contributed by atoms with Crippen LogP contribution in [0.3, 0.4) is 0 Å². The number of benzene rings is 1. The summed E-state index contributed by atoms with van der Waals surface area (Å²) in [7, 11) is 0. The Hall–Kier alpha value is -4.44. The Balaban J connectivity index is 1.39. The quantitative estimate of drug-likeness (QED) is 0.398. The van der Waals surface area contributed by atoms with Gasteiger partial charge in [-0.25, -0.2) is 18.9 Å². The molecular weight excluding hydrogens is 461 g/mol. The van der Waals surface area contributed by atoms with Crippen molar-refractivity contribution >= 4 is 17.4 Å². The third-order valence-electron chi connectivity index (χ3n) is 6.24. The number of halogens is 1. The summed E-state index contributed by atoms with van der Waals surface area (Å²) >= 11 is 0. The van der Waals surface area contributed by atoms with Gasteiger partial charge in [0, 0.05) is 42.8 Å². The molecule has 0 saturated carbocycles. The molecule has 1 aliphatic rings. The fourth-order valence-corrected chi connectivity index (χ4v) is 4.43. The van der Waals surface area contributed by atoms with E-state index in [1.54, 1.807) is 47.4 Å². The van der Waals surface area contributed by atoms with E-state index in [1.807, 2.05) is 18.5 Å². The first-order valence-corrected chi connectivity index (χ1v) is 11.6. The van der Waals surface area contributed by atoms with Crippen LogP contribution >= 0.6 is 0 Å². The number of imidazole rings is 2. The number of carbonyl (C=O) groups excluding carboxylic acids is 1. The number of ether oxygens (including phenoxy) is 1. The summed E-state index contributed by atoms with van der Waals surface area (Å²) in [5, 5.41) is 7.61. The van der Waals surface area contributed by atoms with E-state index in [2.05, 4.69) is 19.9 Å². The third kappa shape index (κ3) is 4.22. The summed E-state index contributed by atoms with van der Waals surface area (Å²) in [6, 6.07) is 13.5. The van der Waals surface area contributed by atoms with Crippen molar-refractivity contribution in [2.75, 3.05) is 18.5 Å². The minimum absolute atomic E-state index is 0.214. The first-order valence-electron chi connectivity index (χ1n) is 11.6. The average Bonchev–Trinajstić information content (AvgIpc) is 3.54. The fraction of sp³-hybridized carbons (Fsp3) is 0.192. The number of hydrogen-bond donors (Lipinski definition) is 1. The van der Waals surface area contributed by atoms with E-state index >= 15 is 0 Å². The molecule has 10 heteroatoms. The lowest BCUT2D eigenvalue weighted by Gasteiger charge is -2.25. The molecule has 0 spiro atoms. The number of pyridine rings is 1. The molecule has 5 aromatic rings. The first kappa shape index (κ1) is 22.1. The van der Waals surface area contributed by atoms with E-state index in [0.717, 1.165) is 29.8 Å². The normalized spacial score (nSPS) is 14.2. The van der Waals surface area contributed by atoms with Crippen LogP contribution < -0.4 is 5.32 Å². The van der Waals surface area contributed by atoms with Crippen molar-refractivity contribution in [3.8, 4) is 22.6 Å². The monoisotopic (exact) mass is 483 g/mol. The molecular formula is C26H22FN7O2. The smallest absolute Gasteiger partial charge is 0.256 e. The van der Waals surface area contributed by atoms with Crippen molar-refractivity contribution in [3.63, 3.8) is 0 Å². The van der Waals surface area contributed by atoms with Crippen LogP contribution in [0.25, 0.3) is 28.3 Å². The van der Waals surface area contributed by atoms with Crippen LogP contribution in [0.1, 0.15) is 29.2 Å². The van der Waals surface area contributed by atoms with Crippen LogP contribution in [0.5, 0.6) is 0 Å². The highest BCUT2D eigenvalue weighted by Crippen LogP contribution is 2.35. The SMILES string of the molecule is O=C(Nc1cn2nc(-c3c(-c4ccc(F)cc4)ncn3C3CCOCC3)ccc2n1)c1ccncc1. The van der Waals surface area contributed by atoms with Crippen LogP contribution in [-0.2, 0) is 4.74 Å². The molecule has 0 bridgehead atoms. The predicted octanol–water partition coefficient (Wildman–Crippen LogP) is 4.40. The molecule has 1 amide bonds. The maximum Gasteiger partial charge on any atom is 0.256 e. The van der Waals surface area contributed by atoms with Gasteiger partial charge < -0.3 is 14.6 Å². The molecule has 1 fully saturated rings. The second-order valence-corrected chi connectivity index (χ2v) is 8.54. The van der Waals surface area contributed by atoms with Crippen molar-refractivity contribution in [2.24, 2.45) is 0 Å². The highest BCUT2D eigenvalue weighted by molar-refractivity contribution is 6.03. The molecule has 1 aromatic carbocycles. The van der Waals surface area contributed by atoms with Crippen molar-refractivity contribution in [1.29, 1.82) is 0 Å². The van der Waals surface area contributed by atoms with Crippen LogP contribution in [0, 0.1) is 5.82 Å². The zero-order chi connectivity index (χ0) is 24.5. The Morgan fingerprint density at radius 1 is 1.03 bits per heavy atom. The van der Waals surface area contributed by atoms with Crippen molar-refractivity contribution in [2.45, 2.75) is 18.9 Å². The van der Waals surface area contributed by atoms with E-state index in [4.69, 9.17) is 14.8 Å². The largest absolute Gasteiger partial charge is 0.381 e. The molecule has 180 valence electrons. The maximum absolute atomic E-state index is 13.6. The lowest BCUT2D eigenvalue weighted by atomic mass is 10.1. The number of amides is 1. The number of carbonyl (C=O) groups is 1. The summed E-state index contributed by atoms with van der Waals surface area (Å²) in [6.07, 6.45) is 8.35. The summed E-state index contributed by atoms with van der Waals surface area (Å²) in [4.78, 5) is 25.6. The van der Waals surface area contributed by atoms with E-state index in [-0.39, 0.29) is 17.8 Å². The van der Waals surface area contributed by atoms with Gasteiger partial charge in [-0.3, -0.25) is 9.78 Å². The van der Waals surface area contributed by atoms with Gasteiger partial charge in [-0.05, 0) is 61.4 Å². The van der Waals surface area contributed by atoms with Crippen molar-refractivity contribution < 1.29 is 13.9 Å². The van der Waals surface area contributed by atoms with E-state index in [1.165, 1.54) is 12.1 Å². The second-order valence-electron chi connectivity index (χ2n) is 8.54. The summed E-state index contributed by atoms with van der Waals surface area (Å²) in [5.41, 5.74) is 4.13. The van der Waals surface area contributed by atoms with Crippen LogP contribution in [0.4, 0.5) is 10.2 Å². The zero-order valence-electron chi connectivity index (χ0n) is 19.2. The van der Waals surface area contributed by atoms with Crippen molar-refractivity contribution in [3.05, 3.63) is 84.8 Å². The predicted molar refractivity (Wildman–Crippen MR) is 131 cm³/mol. The van der Waals surface area contributed by atoms with Gasteiger partial charge in [0.25, 0.3) is 5.91 Å². The maximum atomic E-state index is 13.6. The summed E-state index contributed by atoms with van der Waals surface area (Å²) in [5.74, 6) is -0.196. The number of rotatable bonds is 5. The topological polar surface area (TPSA) is 99.2 Å². The number of nitrogens with one attached hydrogen (secondary N) is 1. The lowest BCUT2D eigenvalue weighted by Crippen LogP contribution is -2.20. The van der Waals surface area contributed by atoms with Crippen LogP contribution in [0.2, 0.25) is 0 Å².